The summed E-state index contributed by atoms with van der Waals surface area (Å²) in [4.78, 5) is 7.17. The van der Waals surface area contributed by atoms with Gasteiger partial charge < -0.3 is 10.2 Å². The molecule has 2 heterocycles. The standard InChI is InChI=1S/C14H23N3S/c1-4-15-9-13-5-6-14(16-12(13)3)17-7-8-18-11(2)10-17/h5-6,11,15H,4,7-10H2,1-3H3. The Labute approximate surface area is 114 Å². The summed E-state index contributed by atoms with van der Waals surface area (Å²) in [6.07, 6.45) is 0. The maximum Gasteiger partial charge on any atom is 0.128 e. The normalized spacial score (nSPS) is 20.2. The predicted octanol–water partition coefficient (Wildman–Crippen LogP) is 2.44. The van der Waals surface area contributed by atoms with Crippen molar-refractivity contribution in [2.45, 2.75) is 32.6 Å². The minimum absolute atomic E-state index is 0.710. The van der Waals surface area contributed by atoms with Crippen LogP contribution in [0.25, 0.3) is 0 Å². The van der Waals surface area contributed by atoms with Crippen molar-refractivity contribution in [3.63, 3.8) is 0 Å². The second-order valence-corrected chi connectivity index (χ2v) is 6.37. The van der Waals surface area contributed by atoms with Crippen LogP contribution in [-0.2, 0) is 6.54 Å². The van der Waals surface area contributed by atoms with Gasteiger partial charge in [-0.25, -0.2) is 4.98 Å². The van der Waals surface area contributed by atoms with Crippen molar-refractivity contribution in [1.29, 1.82) is 0 Å². The third kappa shape index (κ3) is 3.39. The zero-order valence-corrected chi connectivity index (χ0v) is 12.4. The van der Waals surface area contributed by atoms with E-state index in [0.717, 1.165) is 37.7 Å². The quantitative estimate of drug-likeness (QED) is 0.905. The highest BCUT2D eigenvalue weighted by molar-refractivity contribution is 8.00. The summed E-state index contributed by atoms with van der Waals surface area (Å²) in [5.41, 5.74) is 2.46. The van der Waals surface area contributed by atoms with Crippen LogP contribution in [-0.4, -0.2) is 35.6 Å². The topological polar surface area (TPSA) is 28.2 Å². The van der Waals surface area contributed by atoms with Crippen molar-refractivity contribution in [1.82, 2.24) is 10.3 Å². The van der Waals surface area contributed by atoms with E-state index in [-0.39, 0.29) is 0 Å². The third-order valence-corrected chi connectivity index (χ3v) is 4.45. The molecule has 4 heteroatoms. The molecule has 18 heavy (non-hydrogen) atoms. The molecule has 0 aromatic carbocycles. The molecule has 0 spiro atoms. The van der Waals surface area contributed by atoms with Crippen LogP contribution < -0.4 is 10.2 Å². The fraction of sp³-hybridized carbons (Fsp3) is 0.643. The molecule has 0 radical (unpaired) electrons. The highest BCUT2D eigenvalue weighted by atomic mass is 32.2. The average Bonchev–Trinajstić information content (AvgIpc) is 2.37. The van der Waals surface area contributed by atoms with Gasteiger partial charge in [-0.15, -0.1) is 0 Å². The van der Waals surface area contributed by atoms with E-state index in [2.05, 4.69) is 54.9 Å². The van der Waals surface area contributed by atoms with Gasteiger partial charge in [0.25, 0.3) is 0 Å². The number of nitrogens with zero attached hydrogens (tertiary/aromatic N) is 2. The highest BCUT2D eigenvalue weighted by Gasteiger charge is 2.18. The number of aryl methyl sites for hydroxylation is 1. The number of thioether (sulfide) groups is 1. The molecule has 0 saturated carbocycles. The molecule has 0 bridgehead atoms. The average molecular weight is 265 g/mol. The number of pyridine rings is 1. The largest absolute Gasteiger partial charge is 0.355 e. The molecule has 1 aliphatic rings. The van der Waals surface area contributed by atoms with Gasteiger partial charge in [0, 0.05) is 36.3 Å². The molecule has 0 aliphatic carbocycles. The Morgan fingerprint density at radius 1 is 1.50 bits per heavy atom. The predicted molar refractivity (Wildman–Crippen MR) is 80.5 cm³/mol. The summed E-state index contributed by atoms with van der Waals surface area (Å²) in [6.45, 7) is 10.7. The zero-order valence-electron chi connectivity index (χ0n) is 11.6. The Kier molecular flexibility index (Phi) is 4.89. The summed E-state index contributed by atoms with van der Waals surface area (Å²) in [7, 11) is 0. The van der Waals surface area contributed by atoms with Gasteiger partial charge in [-0.1, -0.05) is 19.9 Å². The Bertz CT molecular complexity index is 395. The molecule has 2 rings (SSSR count). The fourth-order valence-electron chi connectivity index (χ4n) is 2.23. The molecule has 1 saturated heterocycles. The minimum Gasteiger partial charge on any atom is -0.355 e. The SMILES string of the molecule is CCNCc1ccc(N2CCSC(C)C2)nc1C. The van der Waals surface area contributed by atoms with E-state index in [4.69, 9.17) is 4.98 Å². The molecular formula is C14H23N3S. The van der Waals surface area contributed by atoms with Gasteiger partial charge in [-0.05, 0) is 25.1 Å². The van der Waals surface area contributed by atoms with Crippen molar-refractivity contribution >= 4 is 17.6 Å². The first-order valence-electron chi connectivity index (χ1n) is 6.74. The highest BCUT2D eigenvalue weighted by Crippen LogP contribution is 2.23. The molecule has 1 aromatic rings. The molecule has 3 nitrogen and oxygen atoms in total. The molecule has 1 unspecified atom stereocenters. The Hall–Kier alpha value is -0.740. The first kappa shape index (κ1) is 13.7. The number of anilines is 1. The summed E-state index contributed by atoms with van der Waals surface area (Å²) in [5.74, 6) is 2.35. The molecule has 1 N–H and O–H groups in total. The van der Waals surface area contributed by atoms with E-state index in [0.29, 0.717) is 5.25 Å². The second kappa shape index (κ2) is 6.43. The molecule has 0 amide bonds. The number of hydrogen-bond acceptors (Lipinski definition) is 4. The Morgan fingerprint density at radius 3 is 3.00 bits per heavy atom. The van der Waals surface area contributed by atoms with Gasteiger partial charge in [0.2, 0.25) is 0 Å². The van der Waals surface area contributed by atoms with Gasteiger partial charge in [-0.3, -0.25) is 0 Å². The fourth-order valence-corrected chi connectivity index (χ4v) is 3.24. The molecular weight excluding hydrogens is 242 g/mol. The summed E-state index contributed by atoms with van der Waals surface area (Å²) < 4.78 is 0. The second-order valence-electron chi connectivity index (χ2n) is 4.82. The maximum atomic E-state index is 4.76. The number of rotatable bonds is 4. The summed E-state index contributed by atoms with van der Waals surface area (Å²) >= 11 is 2.06. The van der Waals surface area contributed by atoms with Crippen LogP contribution in [0.5, 0.6) is 0 Å². The Morgan fingerprint density at radius 2 is 2.33 bits per heavy atom. The van der Waals surface area contributed by atoms with Gasteiger partial charge in [0.15, 0.2) is 0 Å². The Balaban J connectivity index is 2.07. The minimum atomic E-state index is 0.710. The number of aromatic nitrogens is 1. The lowest BCUT2D eigenvalue weighted by molar-refractivity contribution is 0.716. The van der Waals surface area contributed by atoms with E-state index < -0.39 is 0 Å². The van der Waals surface area contributed by atoms with E-state index in [1.807, 2.05) is 0 Å². The van der Waals surface area contributed by atoms with Crippen LogP contribution in [0.4, 0.5) is 5.82 Å². The van der Waals surface area contributed by atoms with Crippen LogP contribution in [0.3, 0.4) is 0 Å². The molecule has 1 fully saturated rings. The van der Waals surface area contributed by atoms with Gasteiger partial charge in [0.1, 0.15) is 5.82 Å². The summed E-state index contributed by atoms with van der Waals surface area (Å²) in [5, 5.41) is 4.06. The van der Waals surface area contributed by atoms with Crippen LogP contribution in [0.15, 0.2) is 12.1 Å². The lowest BCUT2D eigenvalue weighted by Crippen LogP contribution is -2.37. The maximum absolute atomic E-state index is 4.76. The number of nitrogens with one attached hydrogen (secondary N) is 1. The number of hydrogen-bond donors (Lipinski definition) is 1. The third-order valence-electron chi connectivity index (χ3n) is 3.31. The van der Waals surface area contributed by atoms with Crippen molar-refractivity contribution in [3.8, 4) is 0 Å². The lowest BCUT2D eigenvalue weighted by atomic mass is 10.2. The molecule has 100 valence electrons. The lowest BCUT2D eigenvalue weighted by Gasteiger charge is -2.31. The van der Waals surface area contributed by atoms with E-state index in [1.54, 1.807) is 0 Å². The van der Waals surface area contributed by atoms with Crippen molar-refractivity contribution in [2.24, 2.45) is 0 Å². The monoisotopic (exact) mass is 265 g/mol. The van der Waals surface area contributed by atoms with Gasteiger partial charge in [0.05, 0.1) is 0 Å². The first-order chi connectivity index (χ1) is 8.70. The van der Waals surface area contributed by atoms with Crippen molar-refractivity contribution in [2.75, 3.05) is 30.3 Å². The van der Waals surface area contributed by atoms with Crippen molar-refractivity contribution in [3.05, 3.63) is 23.4 Å². The van der Waals surface area contributed by atoms with Crippen LogP contribution in [0, 0.1) is 6.92 Å². The van der Waals surface area contributed by atoms with Gasteiger partial charge in [-0.2, -0.15) is 11.8 Å². The van der Waals surface area contributed by atoms with E-state index in [9.17, 15) is 0 Å². The van der Waals surface area contributed by atoms with Crippen LogP contribution >= 0.6 is 11.8 Å². The van der Waals surface area contributed by atoms with E-state index >= 15 is 0 Å². The van der Waals surface area contributed by atoms with Gasteiger partial charge >= 0.3 is 0 Å². The zero-order chi connectivity index (χ0) is 13.0. The molecule has 1 aromatic heterocycles. The summed E-state index contributed by atoms with van der Waals surface area (Å²) in [6, 6.07) is 4.38. The van der Waals surface area contributed by atoms with E-state index in [1.165, 1.54) is 11.3 Å². The van der Waals surface area contributed by atoms with Crippen LogP contribution in [0.2, 0.25) is 0 Å². The molecule has 1 aliphatic heterocycles. The smallest absolute Gasteiger partial charge is 0.128 e. The van der Waals surface area contributed by atoms with Crippen LogP contribution in [0.1, 0.15) is 25.1 Å². The first-order valence-corrected chi connectivity index (χ1v) is 7.79. The van der Waals surface area contributed by atoms with Crippen molar-refractivity contribution < 1.29 is 0 Å². The molecule has 1 atom stereocenters.